The largest absolute Gasteiger partial charge is 0.497 e. The van der Waals surface area contributed by atoms with Gasteiger partial charge in [0.1, 0.15) is 22.8 Å². The first-order chi connectivity index (χ1) is 13.4. The van der Waals surface area contributed by atoms with Crippen molar-refractivity contribution >= 4 is 61.5 Å². The van der Waals surface area contributed by atoms with E-state index in [-0.39, 0.29) is 10.7 Å². The van der Waals surface area contributed by atoms with Crippen LogP contribution in [0.4, 0.5) is 5.13 Å². The zero-order valence-electron chi connectivity index (χ0n) is 15.2. The van der Waals surface area contributed by atoms with Gasteiger partial charge in [-0.25, -0.2) is 4.98 Å². The summed E-state index contributed by atoms with van der Waals surface area (Å²) in [5.74, 6) is 1.18. The Bertz CT molecular complexity index is 1050. The van der Waals surface area contributed by atoms with Crippen LogP contribution >= 0.6 is 35.2 Å². The highest BCUT2D eigenvalue weighted by molar-refractivity contribution is 7.80. The second kappa shape index (κ2) is 8.59. The summed E-state index contributed by atoms with van der Waals surface area (Å²) in [5.41, 5.74) is 0.941. The van der Waals surface area contributed by atoms with Crippen molar-refractivity contribution in [1.82, 2.24) is 10.3 Å². The lowest BCUT2D eigenvalue weighted by Crippen LogP contribution is -2.34. The highest BCUT2D eigenvalue weighted by atomic mass is 35.5. The smallest absolute Gasteiger partial charge is 0.261 e. The summed E-state index contributed by atoms with van der Waals surface area (Å²) in [7, 11) is 4.61. The molecule has 0 aliphatic carbocycles. The van der Waals surface area contributed by atoms with Crippen LogP contribution in [0.3, 0.4) is 0 Å². The van der Waals surface area contributed by atoms with Gasteiger partial charge in [-0.3, -0.25) is 10.1 Å². The van der Waals surface area contributed by atoms with E-state index in [1.54, 1.807) is 32.4 Å². The van der Waals surface area contributed by atoms with Crippen molar-refractivity contribution in [1.29, 1.82) is 0 Å². The standard InChI is InChI=1S/C18H16ClN3O4S2/c1-24-10-7-13(26-3)15-14(8-10)28-18(20-15)22-17(27)21-16(23)11-6-9(19)4-5-12(11)25-2/h4-8H,1-3H3,(H2,20,21,22,23,27). The predicted molar refractivity (Wildman–Crippen MR) is 114 cm³/mol. The van der Waals surface area contributed by atoms with E-state index in [0.717, 1.165) is 4.70 Å². The zero-order chi connectivity index (χ0) is 20.3. The van der Waals surface area contributed by atoms with Crippen LogP contribution in [0.25, 0.3) is 10.2 Å². The molecule has 1 aromatic heterocycles. The Hall–Kier alpha value is -2.62. The van der Waals surface area contributed by atoms with Gasteiger partial charge in [0.05, 0.1) is 31.6 Å². The molecule has 1 heterocycles. The topological polar surface area (TPSA) is 81.7 Å². The Morgan fingerprint density at radius 3 is 2.54 bits per heavy atom. The van der Waals surface area contributed by atoms with Crippen LogP contribution in [0.2, 0.25) is 5.02 Å². The van der Waals surface area contributed by atoms with Crippen LogP contribution < -0.4 is 24.8 Å². The van der Waals surface area contributed by atoms with Gasteiger partial charge >= 0.3 is 0 Å². The lowest BCUT2D eigenvalue weighted by atomic mass is 10.2. The molecule has 1 amide bonds. The third kappa shape index (κ3) is 4.27. The summed E-state index contributed by atoms with van der Waals surface area (Å²) < 4.78 is 16.7. The fraction of sp³-hybridized carbons (Fsp3) is 0.167. The van der Waals surface area contributed by atoms with E-state index < -0.39 is 5.91 Å². The number of carbonyl (C=O) groups excluding carboxylic acids is 1. The van der Waals surface area contributed by atoms with Gasteiger partial charge in [0.15, 0.2) is 10.2 Å². The molecule has 146 valence electrons. The van der Waals surface area contributed by atoms with Crippen molar-refractivity contribution in [3.63, 3.8) is 0 Å². The maximum absolute atomic E-state index is 12.5. The molecular formula is C18H16ClN3O4S2. The number of hydrogen-bond acceptors (Lipinski definition) is 7. The molecule has 2 N–H and O–H groups in total. The fourth-order valence-corrected chi connectivity index (χ4v) is 3.80. The molecule has 7 nitrogen and oxygen atoms in total. The highest BCUT2D eigenvalue weighted by Crippen LogP contribution is 2.36. The van der Waals surface area contributed by atoms with Gasteiger partial charge < -0.3 is 19.5 Å². The molecule has 2 aromatic carbocycles. The Morgan fingerprint density at radius 1 is 1.11 bits per heavy atom. The molecule has 10 heteroatoms. The molecule has 3 aromatic rings. The molecule has 28 heavy (non-hydrogen) atoms. The number of rotatable bonds is 5. The Kier molecular flexibility index (Phi) is 6.18. The van der Waals surface area contributed by atoms with Crippen LogP contribution in [0.15, 0.2) is 30.3 Å². The number of carbonyl (C=O) groups is 1. The molecule has 0 atom stereocenters. The van der Waals surface area contributed by atoms with Gasteiger partial charge in [0.25, 0.3) is 5.91 Å². The summed E-state index contributed by atoms with van der Waals surface area (Å²) in [6.07, 6.45) is 0. The van der Waals surface area contributed by atoms with Crippen molar-refractivity contribution < 1.29 is 19.0 Å². The molecular weight excluding hydrogens is 422 g/mol. The minimum absolute atomic E-state index is 0.0945. The lowest BCUT2D eigenvalue weighted by molar-refractivity contribution is 0.0975. The number of ether oxygens (including phenoxy) is 3. The van der Waals surface area contributed by atoms with Crippen molar-refractivity contribution in [2.24, 2.45) is 0 Å². The number of anilines is 1. The average molecular weight is 438 g/mol. The summed E-state index contributed by atoms with van der Waals surface area (Å²) in [4.78, 5) is 17.0. The molecule has 0 radical (unpaired) electrons. The maximum atomic E-state index is 12.5. The number of amides is 1. The lowest BCUT2D eigenvalue weighted by Gasteiger charge is -2.10. The van der Waals surface area contributed by atoms with E-state index >= 15 is 0 Å². The van der Waals surface area contributed by atoms with Crippen LogP contribution in [0, 0.1) is 0 Å². The van der Waals surface area contributed by atoms with Gasteiger partial charge in [0, 0.05) is 11.1 Å². The minimum atomic E-state index is -0.447. The van der Waals surface area contributed by atoms with Crippen molar-refractivity contribution in [3.05, 3.63) is 40.9 Å². The van der Waals surface area contributed by atoms with E-state index in [9.17, 15) is 4.79 Å². The number of fused-ring (bicyclic) bond motifs is 1. The minimum Gasteiger partial charge on any atom is -0.497 e. The molecule has 0 saturated heterocycles. The SMILES string of the molecule is COc1cc(OC)c2nc(NC(=S)NC(=O)c3cc(Cl)ccc3OC)sc2c1. The van der Waals surface area contributed by atoms with E-state index in [0.29, 0.717) is 32.9 Å². The second-order valence-electron chi connectivity index (χ2n) is 5.45. The number of thiazole rings is 1. The van der Waals surface area contributed by atoms with E-state index in [4.69, 9.17) is 38.0 Å². The fourth-order valence-electron chi connectivity index (χ4n) is 2.46. The Morgan fingerprint density at radius 2 is 1.86 bits per heavy atom. The molecule has 3 rings (SSSR count). The first-order valence-corrected chi connectivity index (χ1v) is 9.54. The number of halogens is 1. The average Bonchev–Trinajstić information content (AvgIpc) is 3.08. The van der Waals surface area contributed by atoms with Crippen molar-refractivity contribution in [2.75, 3.05) is 26.6 Å². The normalized spacial score (nSPS) is 10.4. The van der Waals surface area contributed by atoms with Gasteiger partial charge in [-0.05, 0) is 36.5 Å². The van der Waals surface area contributed by atoms with Gasteiger partial charge in [0.2, 0.25) is 0 Å². The van der Waals surface area contributed by atoms with Gasteiger partial charge in [-0.2, -0.15) is 0 Å². The summed E-state index contributed by atoms with van der Waals surface area (Å²) in [5, 5.41) is 6.52. The maximum Gasteiger partial charge on any atom is 0.261 e. The third-order valence-corrected chi connectivity index (χ3v) is 5.10. The third-order valence-electron chi connectivity index (χ3n) is 3.74. The summed E-state index contributed by atoms with van der Waals surface area (Å²) >= 11 is 12.6. The number of methoxy groups -OCH3 is 3. The monoisotopic (exact) mass is 437 g/mol. The zero-order valence-corrected chi connectivity index (χ0v) is 17.6. The second-order valence-corrected chi connectivity index (χ2v) is 7.32. The highest BCUT2D eigenvalue weighted by Gasteiger charge is 2.16. The molecule has 0 fully saturated rings. The Labute approximate surface area is 175 Å². The molecule has 0 bridgehead atoms. The molecule has 0 saturated carbocycles. The van der Waals surface area contributed by atoms with E-state index in [1.807, 2.05) is 6.07 Å². The number of hydrogen-bond donors (Lipinski definition) is 2. The number of nitrogens with zero attached hydrogens (tertiary/aromatic N) is 1. The van der Waals surface area contributed by atoms with Gasteiger partial charge in [-0.1, -0.05) is 22.9 Å². The van der Waals surface area contributed by atoms with Crippen molar-refractivity contribution in [3.8, 4) is 17.2 Å². The van der Waals surface area contributed by atoms with Crippen LogP contribution in [-0.4, -0.2) is 37.3 Å². The van der Waals surface area contributed by atoms with Crippen LogP contribution in [0.1, 0.15) is 10.4 Å². The summed E-state index contributed by atoms with van der Waals surface area (Å²) in [6.45, 7) is 0. The van der Waals surface area contributed by atoms with E-state index in [2.05, 4.69) is 15.6 Å². The molecule has 0 aliphatic heterocycles. The first-order valence-electron chi connectivity index (χ1n) is 7.93. The number of thiocarbonyl (C=S) groups is 1. The molecule has 0 unspecified atom stereocenters. The number of nitrogens with one attached hydrogen (secondary N) is 2. The summed E-state index contributed by atoms with van der Waals surface area (Å²) in [6, 6.07) is 8.35. The number of benzene rings is 2. The predicted octanol–water partition coefficient (Wildman–Crippen LogP) is 4.10. The molecule has 0 spiro atoms. The quantitative estimate of drug-likeness (QED) is 0.581. The van der Waals surface area contributed by atoms with Crippen molar-refractivity contribution in [2.45, 2.75) is 0 Å². The van der Waals surface area contributed by atoms with Crippen LogP contribution in [-0.2, 0) is 0 Å². The Balaban J connectivity index is 1.78. The molecule has 0 aliphatic rings. The van der Waals surface area contributed by atoms with Crippen LogP contribution in [0.5, 0.6) is 17.2 Å². The first kappa shape index (κ1) is 20.1. The number of aromatic nitrogens is 1. The van der Waals surface area contributed by atoms with E-state index in [1.165, 1.54) is 24.5 Å². The van der Waals surface area contributed by atoms with Gasteiger partial charge in [-0.15, -0.1) is 0 Å².